The van der Waals surface area contributed by atoms with E-state index in [2.05, 4.69) is 53.0 Å². The summed E-state index contributed by atoms with van der Waals surface area (Å²) < 4.78 is 98.0. The quantitative estimate of drug-likeness (QED) is 0.183. The molecule has 0 unspecified atom stereocenters. The number of halogens is 3. The number of anilines is 1. The average molecular weight is 835 g/mol. The van der Waals surface area contributed by atoms with E-state index in [9.17, 15) is 31.2 Å². The lowest BCUT2D eigenvalue weighted by Crippen LogP contribution is -2.27. The molecule has 1 aromatic carbocycles. The van der Waals surface area contributed by atoms with Gasteiger partial charge in [-0.2, -0.15) is 27.7 Å². The second-order valence-corrected chi connectivity index (χ2v) is 15.6. The molecule has 21 heteroatoms. The summed E-state index contributed by atoms with van der Waals surface area (Å²) in [5, 5.41) is 3.85. The first-order valence-electron chi connectivity index (χ1n) is 18.0. The molecule has 314 valence electrons. The first-order chi connectivity index (χ1) is 27.3. The van der Waals surface area contributed by atoms with Crippen LogP contribution in [-0.2, 0) is 51.7 Å². The fourth-order valence-corrected chi connectivity index (χ4v) is 7.41. The van der Waals surface area contributed by atoms with Gasteiger partial charge >= 0.3 is 12.1 Å². The van der Waals surface area contributed by atoms with Crippen LogP contribution in [0.3, 0.4) is 0 Å². The Morgan fingerprint density at radius 1 is 0.931 bits per heavy atom. The highest BCUT2D eigenvalue weighted by molar-refractivity contribution is 7.92. The number of pyridine rings is 1. The van der Waals surface area contributed by atoms with Crippen LogP contribution in [0.2, 0.25) is 0 Å². The van der Waals surface area contributed by atoms with Gasteiger partial charge in [0.1, 0.15) is 5.56 Å². The van der Waals surface area contributed by atoms with E-state index in [1.54, 1.807) is 9.36 Å². The van der Waals surface area contributed by atoms with E-state index >= 15 is 0 Å². The molecule has 0 saturated carbocycles. The lowest BCUT2D eigenvalue weighted by molar-refractivity contribution is -0.143. The SMILES string of the molecule is CCc1cc(C)cc(CC)c1-c1c(OC(=O)C(C)(C)C)n2n(c1=O)CCOCC2.COc1cc(OC)n2nc(NS(=O)(=O)c3c(C(F)(F)F)ccnc3OC)nc2n1. The number of hydrogen-bond acceptors (Lipinski definition) is 13. The van der Waals surface area contributed by atoms with Crippen molar-refractivity contribution in [2.24, 2.45) is 5.41 Å². The maximum absolute atomic E-state index is 13.5. The van der Waals surface area contributed by atoms with Crippen LogP contribution in [0.5, 0.6) is 23.5 Å². The lowest BCUT2D eigenvalue weighted by atomic mass is 9.91. The van der Waals surface area contributed by atoms with Crippen molar-refractivity contribution in [2.45, 2.75) is 78.5 Å². The Kier molecular flexibility index (Phi) is 12.8. The first kappa shape index (κ1) is 43.4. The fourth-order valence-electron chi connectivity index (χ4n) is 6.14. The zero-order valence-corrected chi connectivity index (χ0v) is 34.3. The number of fused-ring (bicyclic) bond motifs is 2. The highest BCUT2D eigenvalue weighted by Crippen LogP contribution is 2.39. The van der Waals surface area contributed by atoms with Crippen molar-refractivity contribution in [3.63, 3.8) is 0 Å². The zero-order valence-electron chi connectivity index (χ0n) is 33.5. The normalized spacial score (nSPS) is 13.2. The number of nitrogens with zero attached hydrogens (tertiary/aromatic N) is 7. The Bertz CT molecular complexity index is 2460. The number of alkyl halides is 3. The Balaban J connectivity index is 0.000000221. The Hall–Kier alpha value is -5.70. The second kappa shape index (κ2) is 17.0. The predicted octanol–water partition coefficient (Wildman–Crippen LogP) is 5.10. The van der Waals surface area contributed by atoms with Crippen molar-refractivity contribution in [3.8, 4) is 34.6 Å². The van der Waals surface area contributed by atoms with Gasteiger partial charge < -0.3 is 23.7 Å². The summed E-state index contributed by atoms with van der Waals surface area (Å²) in [5.74, 6) is -1.23. The number of carbonyl (C=O) groups is 1. The van der Waals surface area contributed by atoms with Gasteiger partial charge in [-0.3, -0.25) is 9.59 Å². The minimum atomic E-state index is -4.98. The number of ether oxygens (including phenoxy) is 5. The topological polar surface area (TPSA) is 192 Å². The van der Waals surface area contributed by atoms with Gasteiger partial charge in [0, 0.05) is 6.20 Å². The molecule has 17 nitrogen and oxygen atoms in total. The Labute approximate surface area is 332 Å². The zero-order chi connectivity index (χ0) is 42.7. The summed E-state index contributed by atoms with van der Waals surface area (Å²) in [7, 11) is -1.20. The number of carbonyl (C=O) groups excluding carboxylic acids is 1. The van der Waals surface area contributed by atoms with E-state index in [1.807, 2.05) is 25.5 Å². The van der Waals surface area contributed by atoms with Gasteiger partial charge in [-0.15, -0.1) is 5.10 Å². The molecule has 0 saturated heterocycles. The third kappa shape index (κ3) is 8.89. The largest absolute Gasteiger partial charge is 0.481 e. The van der Waals surface area contributed by atoms with Crippen LogP contribution in [-0.4, -0.2) is 82.9 Å². The molecule has 1 aliphatic heterocycles. The van der Waals surface area contributed by atoms with Crippen molar-refractivity contribution >= 4 is 27.7 Å². The molecule has 1 N–H and O–H groups in total. The number of nitrogens with one attached hydrogen (secondary N) is 1. The summed E-state index contributed by atoms with van der Waals surface area (Å²) in [6.45, 7) is 13.5. The monoisotopic (exact) mass is 834 g/mol. The second-order valence-electron chi connectivity index (χ2n) is 13.9. The van der Waals surface area contributed by atoms with Crippen LogP contribution in [0.4, 0.5) is 19.1 Å². The molecule has 0 fully saturated rings. The molecule has 5 heterocycles. The van der Waals surface area contributed by atoms with Crippen molar-refractivity contribution in [3.05, 3.63) is 63.1 Å². The van der Waals surface area contributed by atoms with Crippen LogP contribution in [0.25, 0.3) is 16.9 Å². The van der Waals surface area contributed by atoms with Gasteiger partial charge in [-0.25, -0.2) is 27.5 Å². The van der Waals surface area contributed by atoms with Gasteiger partial charge in [0.05, 0.1) is 64.7 Å². The molecule has 58 heavy (non-hydrogen) atoms. The van der Waals surface area contributed by atoms with Crippen molar-refractivity contribution in [2.75, 3.05) is 39.3 Å². The molecule has 0 aliphatic carbocycles. The molecule has 5 aromatic rings. The van der Waals surface area contributed by atoms with Gasteiger partial charge in [0.15, 0.2) is 4.90 Å². The van der Waals surface area contributed by atoms with E-state index in [1.165, 1.54) is 25.8 Å². The highest BCUT2D eigenvalue weighted by atomic mass is 32.2. The number of esters is 1. The molecule has 4 aromatic heterocycles. The van der Waals surface area contributed by atoms with Gasteiger partial charge in [0.25, 0.3) is 27.3 Å². The van der Waals surface area contributed by atoms with Crippen molar-refractivity contribution in [1.82, 2.24) is 33.9 Å². The van der Waals surface area contributed by atoms with Crippen molar-refractivity contribution < 1.29 is 50.1 Å². The Morgan fingerprint density at radius 2 is 1.57 bits per heavy atom. The van der Waals surface area contributed by atoms with E-state index < -0.39 is 43.9 Å². The minimum absolute atomic E-state index is 0.0970. The van der Waals surface area contributed by atoms with Gasteiger partial charge in [0.2, 0.25) is 23.5 Å². The number of sulfonamides is 1. The van der Waals surface area contributed by atoms with Crippen LogP contribution in [0.1, 0.15) is 56.9 Å². The maximum Gasteiger partial charge on any atom is 0.418 e. The van der Waals surface area contributed by atoms with E-state index in [-0.39, 0.29) is 29.1 Å². The fraction of sp³-hybridized carbons (Fsp3) is 0.459. The van der Waals surface area contributed by atoms with Gasteiger partial charge in [-0.05, 0) is 63.3 Å². The summed E-state index contributed by atoms with van der Waals surface area (Å²) in [5.41, 5.74) is 2.53. The van der Waals surface area contributed by atoms with Crippen LogP contribution >= 0.6 is 0 Å². The van der Waals surface area contributed by atoms with Gasteiger partial charge in [-0.1, -0.05) is 31.5 Å². The van der Waals surface area contributed by atoms with Crippen LogP contribution < -0.4 is 29.2 Å². The number of benzene rings is 1. The number of rotatable bonds is 10. The van der Waals surface area contributed by atoms with E-state index in [0.29, 0.717) is 43.8 Å². The summed E-state index contributed by atoms with van der Waals surface area (Å²) in [6, 6.07) is 6.12. The molecule has 0 atom stereocenters. The molecular weight excluding hydrogens is 790 g/mol. The predicted molar refractivity (Wildman–Crippen MR) is 204 cm³/mol. The maximum atomic E-state index is 13.5. The highest BCUT2D eigenvalue weighted by Gasteiger charge is 2.40. The summed E-state index contributed by atoms with van der Waals surface area (Å²) >= 11 is 0. The molecule has 0 radical (unpaired) electrons. The number of aryl methyl sites for hydroxylation is 3. The number of aromatic nitrogens is 7. The van der Waals surface area contributed by atoms with E-state index in [4.69, 9.17) is 23.7 Å². The van der Waals surface area contributed by atoms with Crippen LogP contribution in [0, 0.1) is 12.3 Å². The standard InChI is InChI=1S/C23H32N2O4.C14H13F3N6O5S/c1-7-16-13-15(3)14-17(8-2)18(16)19-20(26)24-9-11-28-12-10-25(24)21(19)29-22(27)23(4,5)6;1-26-8-6-9(27-2)23-13(19-8)20-12(21-23)22-29(24,25)10-7(14(15,16)17)4-5-18-11(10)28-3/h13-14H,7-12H2,1-6H3;4-6H,1-3H3,(H,21,22). The molecule has 0 bridgehead atoms. The molecule has 6 rings (SSSR count). The molecule has 0 spiro atoms. The minimum Gasteiger partial charge on any atom is -0.481 e. The smallest absolute Gasteiger partial charge is 0.418 e. The lowest BCUT2D eigenvalue weighted by Gasteiger charge is -2.19. The van der Waals surface area contributed by atoms with Crippen LogP contribution in [0.15, 0.2) is 40.2 Å². The third-order valence-electron chi connectivity index (χ3n) is 8.88. The number of hydrogen-bond donors (Lipinski definition) is 1. The number of methoxy groups -OCH3 is 3. The summed E-state index contributed by atoms with van der Waals surface area (Å²) in [6.07, 6.45) is -2.61. The molecule has 1 aliphatic rings. The molecule has 0 amide bonds. The first-order valence-corrected chi connectivity index (χ1v) is 19.5. The third-order valence-corrected chi connectivity index (χ3v) is 10.3. The van der Waals surface area contributed by atoms with Crippen molar-refractivity contribution in [1.29, 1.82) is 0 Å². The average Bonchev–Trinajstić information content (AvgIpc) is 3.56. The molecular formula is C37H45F3N8O9S. The summed E-state index contributed by atoms with van der Waals surface area (Å²) in [4.78, 5) is 36.4. The van der Waals surface area contributed by atoms with E-state index in [0.717, 1.165) is 47.4 Å². The Morgan fingerprint density at radius 3 is 2.12 bits per heavy atom.